The van der Waals surface area contributed by atoms with Crippen LogP contribution in [0.2, 0.25) is 0 Å². The zero-order chi connectivity index (χ0) is 15.5. The highest BCUT2D eigenvalue weighted by molar-refractivity contribution is 5.72. The molecule has 2 N–H and O–H groups in total. The SMILES string of the molecule is CC(C)NC(Cc1ccccc1)c1ccc2[nH]c(=O)oc2c1. The molecule has 22 heavy (non-hydrogen) atoms. The molecule has 4 nitrogen and oxygen atoms in total. The second-order valence-corrected chi connectivity index (χ2v) is 5.83. The van der Waals surface area contributed by atoms with Crippen LogP contribution in [0, 0.1) is 0 Å². The molecule has 1 heterocycles. The molecule has 0 aliphatic carbocycles. The van der Waals surface area contributed by atoms with E-state index in [1.807, 2.05) is 24.3 Å². The molecule has 1 aromatic heterocycles. The first-order valence-corrected chi connectivity index (χ1v) is 7.54. The molecule has 0 aliphatic heterocycles. The molecule has 0 fully saturated rings. The van der Waals surface area contributed by atoms with E-state index in [2.05, 4.69) is 48.4 Å². The number of hydrogen-bond donors (Lipinski definition) is 2. The van der Waals surface area contributed by atoms with Gasteiger partial charge in [-0.3, -0.25) is 4.98 Å². The molecule has 4 heteroatoms. The van der Waals surface area contributed by atoms with Crippen LogP contribution >= 0.6 is 0 Å². The van der Waals surface area contributed by atoms with E-state index in [0.29, 0.717) is 11.6 Å². The Labute approximate surface area is 129 Å². The fraction of sp³-hybridized carbons (Fsp3) is 0.278. The predicted molar refractivity (Wildman–Crippen MR) is 88.0 cm³/mol. The van der Waals surface area contributed by atoms with E-state index in [0.717, 1.165) is 17.5 Å². The summed E-state index contributed by atoms with van der Waals surface area (Å²) in [4.78, 5) is 14.0. The number of hydrogen-bond acceptors (Lipinski definition) is 3. The van der Waals surface area contributed by atoms with Crippen molar-refractivity contribution in [2.45, 2.75) is 32.4 Å². The highest BCUT2D eigenvalue weighted by Gasteiger charge is 2.15. The first-order valence-electron chi connectivity index (χ1n) is 7.54. The average Bonchev–Trinajstić information content (AvgIpc) is 2.86. The number of oxazole rings is 1. The molecule has 0 saturated heterocycles. The van der Waals surface area contributed by atoms with Gasteiger partial charge >= 0.3 is 5.76 Å². The van der Waals surface area contributed by atoms with Crippen LogP contribution in [0.15, 0.2) is 57.7 Å². The van der Waals surface area contributed by atoms with Crippen molar-refractivity contribution in [1.82, 2.24) is 10.3 Å². The molecule has 0 saturated carbocycles. The number of aromatic amines is 1. The summed E-state index contributed by atoms with van der Waals surface area (Å²) < 4.78 is 5.18. The molecule has 3 aromatic rings. The Bertz CT molecular complexity index is 803. The van der Waals surface area contributed by atoms with Gasteiger partial charge in [-0.15, -0.1) is 0 Å². The maximum absolute atomic E-state index is 11.3. The maximum Gasteiger partial charge on any atom is 0.417 e. The molecule has 1 atom stereocenters. The maximum atomic E-state index is 11.3. The molecule has 2 aromatic carbocycles. The topological polar surface area (TPSA) is 58.0 Å². The minimum atomic E-state index is -0.413. The third-order valence-corrected chi connectivity index (χ3v) is 3.66. The van der Waals surface area contributed by atoms with Crippen molar-refractivity contribution in [2.75, 3.05) is 0 Å². The Morgan fingerprint density at radius 2 is 1.91 bits per heavy atom. The van der Waals surface area contributed by atoms with E-state index >= 15 is 0 Å². The number of H-pyrrole nitrogens is 1. The van der Waals surface area contributed by atoms with Gasteiger partial charge in [-0.25, -0.2) is 4.79 Å². The van der Waals surface area contributed by atoms with Gasteiger partial charge in [0, 0.05) is 12.1 Å². The molecule has 1 unspecified atom stereocenters. The van der Waals surface area contributed by atoms with E-state index in [-0.39, 0.29) is 6.04 Å². The van der Waals surface area contributed by atoms with Gasteiger partial charge in [0.15, 0.2) is 5.58 Å². The lowest BCUT2D eigenvalue weighted by Gasteiger charge is -2.22. The summed E-state index contributed by atoms with van der Waals surface area (Å²) in [6.45, 7) is 4.26. The number of nitrogens with one attached hydrogen (secondary N) is 2. The predicted octanol–water partition coefficient (Wildman–Crippen LogP) is 3.40. The lowest BCUT2D eigenvalue weighted by Crippen LogP contribution is -2.29. The monoisotopic (exact) mass is 296 g/mol. The molecule has 0 aliphatic rings. The minimum Gasteiger partial charge on any atom is -0.408 e. The second kappa shape index (κ2) is 6.20. The van der Waals surface area contributed by atoms with Gasteiger partial charge < -0.3 is 9.73 Å². The third kappa shape index (κ3) is 3.28. The van der Waals surface area contributed by atoms with Crippen LogP contribution in [0.4, 0.5) is 0 Å². The van der Waals surface area contributed by atoms with Crippen LogP contribution < -0.4 is 11.1 Å². The summed E-state index contributed by atoms with van der Waals surface area (Å²) in [5.41, 5.74) is 3.73. The zero-order valence-corrected chi connectivity index (χ0v) is 12.8. The fourth-order valence-electron chi connectivity index (χ4n) is 2.70. The summed E-state index contributed by atoms with van der Waals surface area (Å²) in [6, 6.07) is 16.8. The number of fused-ring (bicyclic) bond motifs is 1. The summed E-state index contributed by atoms with van der Waals surface area (Å²) in [7, 11) is 0. The lowest BCUT2D eigenvalue weighted by molar-refractivity contribution is 0.474. The van der Waals surface area contributed by atoms with Gasteiger partial charge in [-0.05, 0) is 29.7 Å². The Balaban J connectivity index is 1.94. The Kier molecular flexibility index (Phi) is 4.11. The highest BCUT2D eigenvalue weighted by atomic mass is 16.4. The molecule has 0 bridgehead atoms. The normalized spacial score (nSPS) is 12.9. The molecular formula is C18H20N2O2. The summed E-state index contributed by atoms with van der Waals surface area (Å²) in [5, 5.41) is 3.59. The van der Waals surface area contributed by atoms with Crippen molar-refractivity contribution in [3.8, 4) is 0 Å². The van der Waals surface area contributed by atoms with Crippen molar-refractivity contribution in [3.63, 3.8) is 0 Å². The molecule has 114 valence electrons. The molecule has 0 amide bonds. The summed E-state index contributed by atoms with van der Waals surface area (Å²) in [5.74, 6) is -0.413. The van der Waals surface area contributed by atoms with Crippen LogP contribution in [0.1, 0.15) is 31.0 Å². The fourth-order valence-corrected chi connectivity index (χ4v) is 2.70. The highest BCUT2D eigenvalue weighted by Crippen LogP contribution is 2.22. The van der Waals surface area contributed by atoms with Crippen molar-refractivity contribution < 1.29 is 4.42 Å². The van der Waals surface area contributed by atoms with Gasteiger partial charge in [0.1, 0.15) is 0 Å². The average molecular weight is 296 g/mol. The van der Waals surface area contributed by atoms with Crippen molar-refractivity contribution in [1.29, 1.82) is 0 Å². The van der Waals surface area contributed by atoms with Crippen LogP contribution in [0.5, 0.6) is 0 Å². The first kappa shape index (κ1) is 14.6. The van der Waals surface area contributed by atoms with E-state index < -0.39 is 5.76 Å². The molecule has 3 rings (SSSR count). The van der Waals surface area contributed by atoms with Crippen LogP contribution in [0.25, 0.3) is 11.1 Å². The van der Waals surface area contributed by atoms with E-state index in [1.54, 1.807) is 0 Å². The quantitative estimate of drug-likeness (QED) is 0.758. The van der Waals surface area contributed by atoms with Gasteiger partial charge in [0.05, 0.1) is 5.52 Å². The van der Waals surface area contributed by atoms with Gasteiger partial charge in [0.2, 0.25) is 0 Å². The largest absolute Gasteiger partial charge is 0.417 e. The Morgan fingerprint density at radius 3 is 2.64 bits per heavy atom. The first-order chi connectivity index (χ1) is 10.6. The van der Waals surface area contributed by atoms with Crippen LogP contribution in [-0.2, 0) is 6.42 Å². The minimum absolute atomic E-state index is 0.173. The molecular weight excluding hydrogens is 276 g/mol. The van der Waals surface area contributed by atoms with Crippen LogP contribution in [-0.4, -0.2) is 11.0 Å². The summed E-state index contributed by atoms with van der Waals surface area (Å²) >= 11 is 0. The van der Waals surface area contributed by atoms with Gasteiger partial charge in [-0.1, -0.05) is 50.2 Å². The lowest BCUT2D eigenvalue weighted by atomic mass is 9.98. The molecule has 0 spiro atoms. The van der Waals surface area contributed by atoms with E-state index in [4.69, 9.17) is 4.42 Å². The summed E-state index contributed by atoms with van der Waals surface area (Å²) in [6.07, 6.45) is 0.888. The molecule has 0 radical (unpaired) electrons. The van der Waals surface area contributed by atoms with Crippen LogP contribution in [0.3, 0.4) is 0 Å². The third-order valence-electron chi connectivity index (χ3n) is 3.66. The zero-order valence-electron chi connectivity index (χ0n) is 12.8. The van der Waals surface area contributed by atoms with Gasteiger partial charge in [0.25, 0.3) is 0 Å². The standard InChI is InChI=1S/C18H20N2O2/c1-12(2)19-16(10-13-6-4-3-5-7-13)14-8-9-15-17(11-14)22-18(21)20-15/h3-9,11-12,16,19H,10H2,1-2H3,(H,20,21). The van der Waals surface area contributed by atoms with Crippen molar-refractivity contribution in [3.05, 3.63) is 70.2 Å². The van der Waals surface area contributed by atoms with E-state index in [9.17, 15) is 4.79 Å². The Hall–Kier alpha value is -2.33. The van der Waals surface area contributed by atoms with Crippen molar-refractivity contribution >= 4 is 11.1 Å². The second-order valence-electron chi connectivity index (χ2n) is 5.83. The number of rotatable bonds is 5. The van der Waals surface area contributed by atoms with Gasteiger partial charge in [-0.2, -0.15) is 0 Å². The smallest absolute Gasteiger partial charge is 0.408 e. The van der Waals surface area contributed by atoms with Crippen molar-refractivity contribution in [2.24, 2.45) is 0 Å². The Morgan fingerprint density at radius 1 is 1.14 bits per heavy atom. The number of benzene rings is 2. The van der Waals surface area contributed by atoms with E-state index in [1.165, 1.54) is 5.56 Å². The number of aromatic nitrogens is 1.